The summed E-state index contributed by atoms with van der Waals surface area (Å²) in [6.07, 6.45) is 1.27. The lowest BCUT2D eigenvalue weighted by atomic mass is 9.93. The number of aryl methyl sites for hydroxylation is 1. The number of rotatable bonds is 3. The summed E-state index contributed by atoms with van der Waals surface area (Å²) in [7, 11) is 0. The summed E-state index contributed by atoms with van der Waals surface area (Å²) in [5, 5.41) is 3.83. The smallest absolute Gasteiger partial charge is 0.232 e. The molecule has 4 rings (SSSR count). The number of halogens is 1. The molecule has 2 aromatic heterocycles. The molecule has 4 heterocycles. The van der Waals surface area contributed by atoms with Gasteiger partial charge in [-0.2, -0.15) is 4.98 Å². The average molecular weight is 332 g/mol. The Morgan fingerprint density at radius 3 is 3.00 bits per heavy atom. The van der Waals surface area contributed by atoms with Crippen molar-refractivity contribution in [2.24, 2.45) is 5.92 Å². The molecule has 0 unspecified atom stereocenters. The molecule has 126 valence electrons. The summed E-state index contributed by atoms with van der Waals surface area (Å²) in [4.78, 5) is 22.5. The third kappa shape index (κ3) is 2.77. The molecule has 2 saturated heterocycles. The molecule has 8 heteroatoms. The quantitative estimate of drug-likeness (QED) is 0.837. The lowest BCUT2D eigenvalue weighted by Gasteiger charge is -2.18. The van der Waals surface area contributed by atoms with Crippen molar-refractivity contribution in [1.82, 2.24) is 20.0 Å². The zero-order valence-electron chi connectivity index (χ0n) is 13.2. The van der Waals surface area contributed by atoms with Crippen molar-refractivity contribution in [3.05, 3.63) is 41.6 Å². The first kappa shape index (κ1) is 15.2. The lowest BCUT2D eigenvalue weighted by molar-refractivity contribution is -0.130. The summed E-state index contributed by atoms with van der Waals surface area (Å²) in [6, 6.07) is 2.84. The van der Waals surface area contributed by atoms with Crippen molar-refractivity contribution in [2.75, 3.05) is 19.7 Å². The minimum atomic E-state index is -0.409. The van der Waals surface area contributed by atoms with E-state index in [1.165, 1.54) is 12.1 Å². The van der Waals surface area contributed by atoms with Crippen LogP contribution in [0.5, 0.6) is 0 Å². The fourth-order valence-corrected chi connectivity index (χ4v) is 3.41. The molecule has 3 atom stereocenters. The van der Waals surface area contributed by atoms with E-state index in [0.717, 1.165) is 6.20 Å². The Morgan fingerprint density at radius 2 is 2.29 bits per heavy atom. The number of nitrogens with zero attached hydrogens (tertiary/aromatic N) is 4. The molecule has 2 aromatic rings. The maximum Gasteiger partial charge on any atom is 0.232 e. The van der Waals surface area contributed by atoms with Crippen molar-refractivity contribution < 1.29 is 18.4 Å². The van der Waals surface area contributed by atoms with Gasteiger partial charge in [-0.25, -0.2) is 4.39 Å². The Hall–Kier alpha value is -2.35. The maximum absolute atomic E-state index is 12.9. The topological polar surface area (TPSA) is 81.4 Å². The molecule has 0 spiro atoms. The Morgan fingerprint density at radius 1 is 1.42 bits per heavy atom. The van der Waals surface area contributed by atoms with E-state index in [0.29, 0.717) is 37.1 Å². The SMILES string of the molecule is Cc1noc([C@H]2CO[C@@H]3CN(C(=O)Cc4ccc(F)cn4)C[C@H]23)n1. The third-order valence-corrected chi connectivity index (χ3v) is 4.65. The van der Waals surface area contributed by atoms with E-state index in [2.05, 4.69) is 15.1 Å². The molecule has 0 aromatic carbocycles. The van der Waals surface area contributed by atoms with Gasteiger partial charge in [0.25, 0.3) is 0 Å². The van der Waals surface area contributed by atoms with E-state index in [-0.39, 0.29) is 30.3 Å². The van der Waals surface area contributed by atoms with Crippen LogP contribution in [0.4, 0.5) is 4.39 Å². The van der Waals surface area contributed by atoms with Crippen molar-refractivity contribution in [2.45, 2.75) is 25.4 Å². The molecule has 2 fully saturated rings. The molecule has 0 aliphatic carbocycles. The standard InChI is InChI=1S/C16H17FN4O3/c1-9-19-16(24-20-9)13-8-23-14-7-21(6-12(13)14)15(22)4-11-3-2-10(17)5-18-11/h2-3,5,12-14H,4,6-8H2,1H3/t12-,13+,14-/m1/s1. The van der Waals surface area contributed by atoms with E-state index >= 15 is 0 Å². The molecule has 2 aliphatic rings. The van der Waals surface area contributed by atoms with Crippen LogP contribution in [-0.4, -0.2) is 51.7 Å². The van der Waals surface area contributed by atoms with Crippen LogP contribution >= 0.6 is 0 Å². The highest BCUT2D eigenvalue weighted by Crippen LogP contribution is 2.39. The number of hydrogen-bond donors (Lipinski definition) is 0. The minimum absolute atomic E-state index is 0.00710. The molecule has 0 radical (unpaired) electrons. The van der Waals surface area contributed by atoms with Crippen LogP contribution in [0.2, 0.25) is 0 Å². The molecule has 0 N–H and O–H groups in total. The van der Waals surface area contributed by atoms with E-state index in [1.807, 2.05) is 0 Å². The first-order valence-corrected chi connectivity index (χ1v) is 7.90. The molecule has 0 saturated carbocycles. The van der Waals surface area contributed by atoms with Crippen molar-refractivity contribution in [3.8, 4) is 0 Å². The first-order chi connectivity index (χ1) is 11.6. The average Bonchev–Trinajstić information content (AvgIpc) is 3.24. The molecule has 2 aliphatic heterocycles. The monoisotopic (exact) mass is 332 g/mol. The van der Waals surface area contributed by atoms with Crippen LogP contribution in [0, 0.1) is 18.7 Å². The van der Waals surface area contributed by atoms with Gasteiger partial charge in [0.1, 0.15) is 5.82 Å². The largest absolute Gasteiger partial charge is 0.375 e. The van der Waals surface area contributed by atoms with Crippen molar-refractivity contribution in [1.29, 1.82) is 0 Å². The van der Waals surface area contributed by atoms with Gasteiger partial charge in [0.05, 0.1) is 31.2 Å². The normalized spacial score (nSPS) is 25.9. The van der Waals surface area contributed by atoms with Crippen LogP contribution in [0.15, 0.2) is 22.9 Å². The number of ether oxygens (including phenoxy) is 1. The second-order valence-corrected chi connectivity index (χ2v) is 6.27. The van der Waals surface area contributed by atoms with E-state index in [9.17, 15) is 9.18 Å². The Bertz CT molecular complexity index is 748. The second kappa shape index (κ2) is 5.94. The van der Waals surface area contributed by atoms with Gasteiger partial charge in [-0.15, -0.1) is 0 Å². The Kier molecular flexibility index (Phi) is 3.76. The summed E-state index contributed by atoms with van der Waals surface area (Å²) < 4.78 is 24.0. The number of likely N-dealkylation sites (tertiary alicyclic amines) is 1. The predicted molar refractivity (Wildman–Crippen MR) is 79.5 cm³/mol. The summed E-state index contributed by atoms with van der Waals surface area (Å²) in [6.45, 7) is 3.46. The summed E-state index contributed by atoms with van der Waals surface area (Å²) in [5.74, 6) is 0.921. The number of aromatic nitrogens is 3. The zero-order chi connectivity index (χ0) is 16.7. The van der Waals surface area contributed by atoms with Crippen LogP contribution in [0.25, 0.3) is 0 Å². The lowest BCUT2D eigenvalue weighted by Crippen LogP contribution is -2.32. The fraction of sp³-hybridized carbons (Fsp3) is 0.500. The molecule has 1 amide bonds. The number of pyridine rings is 1. The van der Waals surface area contributed by atoms with E-state index in [1.54, 1.807) is 11.8 Å². The van der Waals surface area contributed by atoms with Gasteiger partial charge < -0.3 is 14.2 Å². The number of carbonyl (C=O) groups is 1. The summed E-state index contributed by atoms with van der Waals surface area (Å²) in [5.41, 5.74) is 0.559. The molecular formula is C16H17FN4O3. The first-order valence-electron chi connectivity index (χ1n) is 7.90. The van der Waals surface area contributed by atoms with Gasteiger partial charge in [-0.3, -0.25) is 9.78 Å². The van der Waals surface area contributed by atoms with Crippen LogP contribution in [0.3, 0.4) is 0 Å². The van der Waals surface area contributed by atoms with Crippen LogP contribution in [0.1, 0.15) is 23.3 Å². The Balaban J connectivity index is 1.42. The zero-order valence-corrected chi connectivity index (χ0v) is 13.2. The fourth-order valence-electron chi connectivity index (χ4n) is 3.41. The highest BCUT2D eigenvalue weighted by Gasteiger charge is 2.47. The summed E-state index contributed by atoms with van der Waals surface area (Å²) >= 11 is 0. The molecule has 7 nitrogen and oxygen atoms in total. The minimum Gasteiger partial charge on any atom is -0.375 e. The van der Waals surface area contributed by atoms with E-state index < -0.39 is 5.82 Å². The van der Waals surface area contributed by atoms with E-state index in [4.69, 9.17) is 9.26 Å². The highest BCUT2D eigenvalue weighted by molar-refractivity contribution is 5.78. The molecule has 0 bridgehead atoms. The number of hydrogen-bond acceptors (Lipinski definition) is 6. The van der Waals surface area contributed by atoms with Gasteiger partial charge in [-0.1, -0.05) is 5.16 Å². The predicted octanol–water partition coefficient (Wildman–Crippen LogP) is 1.10. The highest BCUT2D eigenvalue weighted by atomic mass is 19.1. The Labute approximate surface area is 137 Å². The molecular weight excluding hydrogens is 315 g/mol. The van der Waals surface area contributed by atoms with Crippen molar-refractivity contribution in [3.63, 3.8) is 0 Å². The van der Waals surface area contributed by atoms with Gasteiger partial charge in [0.15, 0.2) is 5.82 Å². The van der Waals surface area contributed by atoms with Gasteiger partial charge in [0.2, 0.25) is 11.8 Å². The van der Waals surface area contributed by atoms with Crippen LogP contribution < -0.4 is 0 Å². The van der Waals surface area contributed by atoms with Crippen LogP contribution in [-0.2, 0) is 16.0 Å². The number of fused-ring (bicyclic) bond motifs is 1. The third-order valence-electron chi connectivity index (χ3n) is 4.65. The maximum atomic E-state index is 12.9. The number of amides is 1. The van der Waals surface area contributed by atoms with Gasteiger partial charge in [0, 0.05) is 24.7 Å². The van der Waals surface area contributed by atoms with Crippen molar-refractivity contribution >= 4 is 5.91 Å². The van der Waals surface area contributed by atoms with Gasteiger partial charge >= 0.3 is 0 Å². The van der Waals surface area contributed by atoms with Gasteiger partial charge in [-0.05, 0) is 19.1 Å². The second-order valence-electron chi connectivity index (χ2n) is 6.27. The number of carbonyl (C=O) groups excluding carboxylic acids is 1. The molecule has 24 heavy (non-hydrogen) atoms.